The summed E-state index contributed by atoms with van der Waals surface area (Å²) in [5, 5.41) is 22.7. The van der Waals surface area contributed by atoms with E-state index in [4.69, 9.17) is 10.5 Å². The maximum absolute atomic E-state index is 12.2. The monoisotopic (exact) mass is 481 g/mol. The largest absolute Gasteiger partial charge is 0.492 e. The summed E-state index contributed by atoms with van der Waals surface area (Å²) in [7, 11) is -15.5. The minimum atomic E-state index is -5.23. The number of rotatable bonds is 4. The smallest absolute Gasteiger partial charge is 0.387 e. The Morgan fingerprint density at radius 1 is 1.17 bits per heavy atom. The van der Waals surface area contributed by atoms with Gasteiger partial charge < -0.3 is 35.8 Å². The van der Waals surface area contributed by atoms with Gasteiger partial charge in [0.25, 0.3) is 0 Å². The fourth-order valence-electron chi connectivity index (χ4n) is 2.61. The van der Waals surface area contributed by atoms with Crippen LogP contribution in [0.4, 0.5) is 4.79 Å². The zero-order valence-electron chi connectivity index (χ0n) is 14.5. The van der Waals surface area contributed by atoms with Crippen LogP contribution in [-0.4, -0.2) is 68.2 Å². The van der Waals surface area contributed by atoms with Crippen LogP contribution in [0, 0.1) is 0 Å². The first-order valence-electron chi connectivity index (χ1n) is 7.80. The highest BCUT2D eigenvalue weighted by Crippen LogP contribution is 2.80. The second-order valence-corrected chi connectivity index (χ2v) is 11.2. The molecule has 4 unspecified atom stereocenters. The number of aliphatic hydroxyl groups excluding tert-OH is 2. The van der Waals surface area contributed by atoms with E-state index >= 15 is 0 Å². The van der Waals surface area contributed by atoms with Crippen molar-refractivity contribution in [2.75, 3.05) is 6.61 Å². The van der Waals surface area contributed by atoms with Crippen LogP contribution in [0.2, 0.25) is 0 Å². The molecule has 0 bridgehead atoms. The fraction of sp³-hybridized carbons (Fsp3) is 0.700. The van der Waals surface area contributed by atoms with Crippen LogP contribution in [0.1, 0.15) is 6.92 Å². The van der Waals surface area contributed by atoms with Crippen LogP contribution in [-0.2, 0) is 35.9 Å². The average molecular weight is 481 g/mol. The Bertz CT molecular complexity index is 837. The molecule has 3 heterocycles. The highest BCUT2D eigenvalue weighted by molar-refractivity contribution is 7.74. The molecule has 0 aromatic carbocycles. The van der Waals surface area contributed by atoms with E-state index in [0.29, 0.717) is 5.57 Å². The zero-order valence-corrected chi connectivity index (χ0v) is 17.2. The van der Waals surface area contributed by atoms with Crippen LogP contribution >= 0.6 is 23.5 Å². The summed E-state index contributed by atoms with van der Waals surface area (Å²) in [5.74, 6) is 0. The van der Waals surface area contributed by atoms with Crippen molar-refractivity contribution in [1.29, 1.82) is 0 Å². The van der Waals surface area contributed by atoms with Gasteiger partial charge in [-0.05, 0) is 12.5 Å². The van der Waals surface area contributed by atoms with Gasteiger partial charge in [-0.1, -0.05) is 0 Å². The molecule has 2 amide bonds. The summed E-state index contributed by atoms with van der Waals surface area (Å²) >= 11 is 0. The summed E-state index contributed by atoms with van der Waals surface area (Å²) in [6.45, 7) is 0.713. The average Bonchev–Trinajstić information content (AvgIpc) is 2.81. The van der Waals surface area contributed by atoms with E-state index in [9.17, 15) is 38.5 Å². The molecule has 0 radical (unpaired) electrons. The van der Waals surface area contributed by atoms with Gasteiger partial charge in [-0.2, -0.15) is 12.9 Å². The molecule has 0 aromatic rings. The van der Waals surface area contributed by atoms with Crippen molar-refractivity contribution in [3.8, 4) is 0 Å². The van der Waals surface area contributed by atoms with Crippen molar-refractivity contribution < 1.29 is 60.7 Å². The van der Waals surface area contributed by atoms with Crippen LogP contribution in [0.3, 0.4) is 0 Å². The number of nitrogens with one attached hydrogen (secondary N) is 1. The molecular weight excluding hydrogens is 463 g/mol. The van der Waals surface area contributed by atoms with Gasteiger partial charge in [-0.3, -0.25) is 9.42 Å². The number of phosphoric acid groups is 3. The van der Waals surface area contributed by atoms with Gasteiger partial charge in [-0.15, -0.1) is 0 Å². The highest BCUT2D eigenvalue weighted by atomic mass is 31.3. The Labute approximate surface area is 163 Å². The minimum absolute atomic E-state index is 0.514. The third kappa shape index (κ3) is 4.97. The zero-order chi connectivity index (χ0) is 21.8. The molecule has 0 saturated carbocycles. The highest BCUT2D eigenvalue weighted by Gasteiger charge is 2.55. The molecule has 16 nitrogen and oxygen atoms in total. The fourth-order valence-corrected chi connectivity index (χ4v) is 7.54. The van der Waals surface area contributed by atoms with Crippen molar-refractivity contribution in [3.05, 3.63) is 11.8 Å². The van der Waals surface area contributed by atoms with E-state index in [0.717, 1.165) is 4.90 Å². The SMILES string of the molecule is CC1=CN([C@@H]2O[C@H](COP3(=O)OP(=O)(O)OP(=O)(O)O3)C(O)[C@@H]2O)C(=O)NC1N. The second-order valence-electron chi connectivity index (χ2n) is 6.18. The molecule has 3 aliphatic heterocycles. The molecule has 29 heavy (non-hydrogen) atoms. The Morgan fingerprint density at radius 3 is 2.34 bits per heavy atom. The molecule has 7 atom stereocenters. The quantitative estimate of drug-likeness (QED) is 0.265. The van der Waals surface area contributed by atoms with E-state index < -0.39 is 66.8 Å². The van der Waals surface area contributed by atoms with Crippen LogP contribution < -0.4 is 11.1 Å². The van der Waals surface area contributed by atoms with Crippen molar-refractivity contribution in [1.82, 2.24) is 10.2 Å². The van der Waals surface area contributed by atoms with Gasteiger partial charge in [0, 0.05) is 6.20 Å². The molecule has 0 spiro atoms. The summed E-state index contributed by atoms with van der Waals surface area (Å²) < 4.78 is 56.9. The minimum Gasteiger partial charge on any atom is -0.387 e. The van der Waals surface area contributed by atoms with Gasteiger partial charge in [0.15, 0.2) is 6.23 Å². The van der Waals surface area contributed by atoms with Crippen molar-refractivity contribution in [2.24, 2.45) is 5.73 Å². The van der Waals surface area contributed by atoms with Gasteiger partial charge in [-0.25, -0.2) is 18.5 Å². The summed E-state index contributed by atoms with van der Waals surface area (Å²) in [5.41, 5.74) is 6.17. The van der Waals surface area contributed by atoms with Crippen LogP contribution in [0.5, 0.6) is 0 Å². The molecule has 19 heteroatoms. The molecule has 3 rings (SSSR count). The number of hydrogen-bond donors (Lipinski definition) is 6. The lowest BCUT2D eigenvalue weighted by Crippen LogP contribution is -2.56. The summed E-state index contributed by atoms with van der Waals surface area (Å²) in [4.78, 5) is 31.4. The number of urea groups is 1. The van der Waals surface area contributed by atoms with E-state index in [1.807, 2.05) is 0 Å². The molecule has 2 saturated heterocycles. The molecule has 0 aliphatic carbocycles. The summed E-state index contributed by atoms with van der Waals surface area (Å²) in [6.07, 6.45) is -5.61. The Morgan fingerprint density at radius 2 is 1.76 bits per heavy atom. The third-order valence-electron chi connectivity index (χ3n) is 3.97. The summed E-state index contributed by atoms with van der Waals surface area (Å²) in [6, 6.07) is -0.729. The molecule has 3 aliphatic rings. The number of ether oxygens (including phenoxy) is 1. The number of nitrogens with two attached hydrogens (primary N) is 1. The Balaban J connectivity index is 1.70. The lowest BCUT2D eigenvalue weighted by molar-refractivity contribution is -0.0660. The van der Waals surface area contributed by atoms with E-state index in [-0.39, 0.29) is 0 Å². The number of carbonyl (C=O) groups is 1. The number of hydrogen-bond acceptors (Lipinski definition) is 12. The Hall–Kier alpha value is -0.700. The number of aliphatic hydroxyl groups is 2. The topological polar surface area (TPSA) is 237 Å². The van der Waals surface area contributed by atoms with Crippen LogP contribution in [0.25, 0.3) is 0 Å². The molecule has 0 aromatic heterocycles. The molecule has 7 N–H and O–H groups in total. The first kappa shape index (κ1) is 23.0. The van der Waals surface area contributed by atoms with Crippen LogP contribution in [0.15, 0.2) is 11.8 Å². The second kappa shape index (κ2) is 7.77. The number of amides is 2. The molecular formula is C10H18N3O13P3. The maximum atomic E-state index is 12.2. The molecule has 2 fully saturated rings. The number of nitrogens with zero attached hydrogens (tertiary/aromatic N) is 1. The predicted molar refractivity (Wildman–Crippen MR) is 89.2 cm³/mol. The maximum Gasteiger partial charge on any atom is 0.492 e. The first-order chi connectivity index (χ1) is 13.2. The number of carbonyl (C=O) groups excluding carboxylic acids is 1. The van der Waals surface area contributed by atoms with Crippen molar-refractivity contribution in [3.63, 3.8) is 0 Å². The Kier molecular flexibility index (Phi) is 6.15. The van der Waals surface area contributed by atoms with E-state index in [1.165, 1.54) is 6.20 Å². The van der Waals surface area contributed by atoms with E-state index in [1.54, 1.807) is 6.92 Å². The molecule has 166 valence electrons. The third-order valence-corrected chi connectivity index (χ3v) is 9.33. The lowest BCUT2D eigenvalue weighted by atomic mass is 10.1. The first-order valence-corrected chi connectivity index (χ1v) is 12.3. The predicted octanol–water partition coefficient (Wildman–Crippen LogP) is -0.964. The normalized spacial score (nSPS) is 48.3. The van der Waals surface area contributed by atoms with Crippen molar-refractivity contribution in [2.45, 2.75) is 37.6 Å². The standard InChI is InChI=1S/C10H18N3O13P3/c1-4-2-13(10(16)12-8(4)11)9-7(15)6(14)5(23-9)3-22-29(21)25-27(17,18)24-28(19,20)26-29/h2,5-9,14-15H,3,11H2,1H3,(H,12,16)(H,17,18)(H,19,20)/t5-,6?,7+,8?,9-/m1/s1. The van der Waals surface area contributed by atoms with E-state index in [2.05, 4.69) is 22.8 Å². The van der Waals surface area contributed by atoms with Gasteiger partial charge in [0.2, 0.25) is 0 Å². The van der Waals surface area contributed by atoms with Crippen molar-refractivity contribution >= 4 is 29.5 Å². The van der Waals surface area contributed by atoms with Gasteiger partial charge in [0.05, 0.1) is 6.61 Å². The van der Waals surface area contributed by atoms with Gasteiger partial charge >= 0.3 is 29.5 Å². The van der Waals surface area contributed by atoms with Gasteiger partial charge in [0.1, 0.15) is 24.5 Å². The lowest BCUT2D eigenvalue weighted by Gasteiger charge is -2.33.